The first-order valence-corrected chi connectivity index (χ1v) is 6.05. The van der Waals surface area contributed by atoms with Gasteiger partial charge in [0.15, 0.2) is 3.95 Å². The first kappa shape index (κ1) is 9.75. The van der Waals surface area contributed by atoms with Gasteiger partial charge in [-0.3, -0.25) is 5.10 Å². The number of thiazole rings is 1. The Bertz CT molecular complexity index is 469. The molecule has 0 bridgehead atoms. The molecule has 0 aliphatic carbocycles. The van der Waals surface area contributed by atoms with Gasteiger partial charge in [-0.05, 0) is 19.1 Å². The lowest BCUT2D eigenvalue weighted by atomic mass is 10.6. The van der Waals surface area contributed by atoms with Gasteiger partial charge in [-0.15, -0.1) is 16.4 Å². The van der Waals surface area contributed by atoms with E-state index in [9.17, 15) is 0 Å². The fourth-order valence-electron chi connectivity index (χ4n) is 0.941. The van der Waals surface area contributed by atoms with E-state index in [0.29, 0.717) is 10.5 Å². The van der Waals surface area contributed by atoms with Gasteiger partial charge in [0, 0.05) is 11.1 Å². The molecular formula is C7H8N4S3. The molecule has 2 aromatic heterocycles. The van der Waals surface area contributed by atoms with Crippen LogP contribution in [-0.2, 0) is 6.54 Å². The van der Waals surface area contributed by atoms with Crippen molar-refractivity contribution in [2.24, 2.45) is 0 Å². The number of aromatic amines is 1. The number of H-pyrrole nitrogens is 1. The third-order valence-electron chi connectivity index (χ3n) is 1.50. The summed E-state index contributed by atoms with van der Waals surface area (Å²) >= 11 is 7.99. The van der Waals surface area contributed by atoms with Crippen LogP contribution < -0.4 is 5.32 Å². The second-order valence-electron chi connectivity index (χ2n) is 2.65. The summed E-state index contributed by atoms with van der Waals surface area (Å²) in [5.41, 5.74) is 1.06. The van der Waals surface area contributed by atoms with Crippen LogP contribution in [0.2, 0.25) is 0 Å². The van der Waals surface area contributed by atoms with E-state index in [-0.39, 0.29) is 0 Å². The Morgan fingerprint density at radius 1 is 1.64 bits per heavy atom. The van der Waals surface area contributed by atoms with Crippen LogP contribution in [0.15, 0.2) is 5.38 Å². The number of aryl methyl sites for hydroxylation is 1. The van der Waals surface area contributed by atoms with Gasteiger partial charge < -0.3 is 5.32 Å². The molecule has 0 amide bonds. The van der Waals surface area contributed by atoms with E-state index in [4.69, 9.17) is 12.2 Å². The molecule has 0 aliphatic heterocycles. The number of anilines is 1. The Morgan fingerprint density at radius 2 is 2.50 bits per heavy atom. The van der Waals surface area contributed by atoms with E-state index in [1.165, 1.54) is 11.3 Å². The highest BCUT2D eigenvalue weighted by atomic mass is 32.1. The largest absolute Gasteiger partial charge is 0.354 e. The van der Waals surface area contributed by atoms with E-state index in [0.717, 1.165) is 15.8 Å². The van der Waals surface area contributed by atoms with Gasteiger partial charge >= 0.3 is 0 Å². The van der Waals surface area contributed by atoms with Crippen LogP contribution in [0, 0.1) is 10.9 Å². The molecule has 0 saturated heterocycles. The minimum atomic E-state index is 0.683. The molecule has 0 radical (unpaired) electrons. The van der Waals surface area contributed by atoms with Gasteiger partial charge in [-0.25, -0.2) is 4.98 Å². The fraction of sp³-hybridized carbons (Fsp3) is 0.286. The van der Waals surface area contributed by atoms with Gasteiger partial charge in [-0.1, -0.05) is 11.3 Å². The molecule has 0 unspecified atom stereocenters. The SMILES string of the molecule is Cc1csc(CNc2n[nH]c(=S)s2)n1. The van der Waals surface area contributed by atoms with Crippen LogP contribution in [-0.4, -0.2) is 15.2 Å². The van der Waals surface area contributed by atoms with Crippen LogP contribution in [0.3, 0.4) is 0 Å². The zero-order valence-corrected chi connectivity index (χ0v) is 9.85. The predicted octanol–water partition coefficient (Wildman–Crippen LogP) is 2.58. The summed E-state index contributed by atoms with van der Waals surface area (Å²) in [6, 6.07) is 0. The molecule has 7 heteroatoms. The molecule has 2 N–H and O–H groups in total. The van der Waals surface area contributed by atoms with Gasteiger partial charge in [-0.2, -0.15) is 0 Å². The Morgan fingerprint density at radius 3 is 3.07 bits per heavy atom. The molecular weight excluding hydrogens is 236 g/mol. The van der Waals surface area contributed by atoms with Crippen molar-refractivity contribution in [3.05, 3.63) is 20.0 Å². The fourth-order valence-corrected chi connectivity index (χ4v) is 2.44. The zero-order valence-electron chi connectivity index (χ0n) is 7.40. The number of aromatic nitrogens is 3. The number of rotatable bonds is 3. The molecule has 0 aromatic carbocycles. The van der Waals surface area contributed by atoms with E-state index >= 15 is 0 Å². The Labute approximate surface area is 94.0 Å². The van der Waals surface area contributed by atoms with Crippen molar-refractivity contribution in [1.29, 1.82) is 0 Å². The van der Waals surface area contributed by atoms with Crippen LogP contribution >= 0.6 is 34.9 Å². The highest BCUT2D eigenvalue weighted by Gasteiger charge is 2.00. The third-order valence-corrected chi connectivity index (χ3v) is 3.51. The standard InChI is InChI=1S/C7H8N4S3/c1-4-3-13-5(9-4)2-8-6-10-11-7(12)14-6/h3H,2H2,1H3,(H,8,10)(H,11,12). The van der Waals surface area contributed by atoms with Crippen molar-refractivity contribution >= 4 is 40.0 Å². The minimum Gasteiger partial charge on any atom is -0.354 e. The Hall–Kier alpha value is -0.790. The average Bonchev–Trinajstić information content (AvgIpc) is 2.72. The topological polar surface area (TPSA) is 53.6 Å². The van der Waals surface area contributed by atoms with Gasteiger partial charge in [0.25, 0.3) is 0 Å². The van der Waals surface area contributed by atoms with Crippen LogP contribution in [0.5, 0.6) is 0 Å². The van der Waals surface area contributed by atoms with E-state index in [1.54, 1.807) is 11.3 Å². The normalized spacial score (nSPS) is 10.4. The Kier molecular flexibility index (Phi) is 2.90. The van der Waals surface area contributed by atoms with Crippen molar-refractivity contribution in [3.63, 3.8) is 0 Å². The number of hydrogen-bond acceptors (Lipinski definition) is 6. The van der Waals surface area contributed by atoms with Crippen molar-refractivity contribution in [3.8, 4) is 0 Å². The minimum absolute atomic E-state index is 0.683. The molecule has 2 rings (SSSR count). The van der Waals surface area contributed by atoms with Crippen molar-refractivity contribution in [2.75, 3.05) is 5.32 Å². The van der Waals surface area contributed by atoms with E-state index in [1.807, 2.05) is 12.3 Å². The number of nitrogens with zero attached hydrogens (tertiary/aromatic N) is 2. The molecule has 14 heavy (non-hydrogen) atoms. The summed E-state index contributed by atoms with van der Waals surface area (Å²) in [4.78, 5) is 4.33. The molecule has 0 fully saturated rings. The van der Waals surface area contributed by atoms with Crippen molar-refractivity contribution in [1.82, 2.24) is 15.2 Å². The molecule has 0 atom stereocenters. The monoisotopic (exact) mass is 244 g/mol. The summed E-state index contributed by atoms with van der Waals surface area (Å²) < 4.78 is 0.683. The van der Waals surface area contributed by atoms with Crippen LogP contribution in [0.1, 0.15) is 10.7 Å². The molecule has 0 saturated carbocycles. The Balaban J connectivity index is 1.98. The maximum Gasteiger partial charge on any atom is 0.204 e. The summed E-state index contributed by atoms with van der Waals surface area (Å²) in [5.74, 6) is 0. The second-order valence-corrected chi connectivity index (χ2v) is 5.26. The van der Waals surface area contributed by atoms with E-state index in [2.05, 4.69) is 20.5 Å². The molecule has 74 valence electrons. The number of hydrogen-bond donors (Lipinski definition) is 2. The quantitative estimate of drug-likeness (QED) is 0.815. The lowest BCUT2D eigenvalue weighted by molar-refractivity contribution is 1.03. The molecule has 0 spiro atoms. The second kappa shape index (κ2) is 4.16. The number of nitrogens with one attached hydrogen (secondary N) is 2. The third kappa shape index (κ3) is 2.37. The average molecular weight is 244 g/mol. The van der Waals surface area contributed by atoms with Gasteiger partial charge in [0.2, 0.25) is 5.13 Å². The summed E-state index contributed by atoms with van der Waals surface area (Å²) in [5, 5.41) is 13.8. The smallest absolute Gasteiger partial charge is 0.204 e. The maximum absolute atomic E-state index is 4.92. The van der Waals surface area contributed by atoms with Gasteiger partial charge in [0.1, 0.15) is 5.01 Å². The summed E-state index contributed by atoms with van der Waals surface area (Å²) in [7, 11) is 0. The molecule has 4 nitrogen and oxygen atoms in total. The maximum atomic E-state index is 4.92. The van der Waals surface area contributed by atoms with Crippen molar-refractivity contribution in [2.45, 2.75) is 13.5 Å². The molecule has 0 aliphatic rings. The van der Waals surface area contributed by atoms with Crippen LogP contribution in [0.25, 0.3) is 0 Å². The summed E-state index contributed by atoms with van der Waals surface area (Å²) in [6.07, 6.45) is 0. The summed E-state index contributed by atoms with van der Waals surface area (Å²) in [6.45, 7) is 2.69. The first-order chi connectivity index (χ1) is 6.74. The molecule has 2 aromatic rings. The molecule has 2 heterocycles. The highest BCUT2D eigenvalue weighted by Crippen LogP contribution is 2.14. The lowest BCUT2D eigenvalue weighted by Crippen LogP contribution is -1.98. The van der Waals surface area contributed by atoms with E-state index < -0.39 is 0 Å². The predicted molar refractivity (Wildman–Crippen MR) is 61.5 cm³/mol. The zero-order chi connectivity index (χ0) is 9.97. The first-order valence-electron chi connectivity index (χ1n) is 3.94. The van der Waals surface area contributed by atoms with Gasteiger partial charge in [0.05, 0.1) is 6.54 Å². The van der Waals surface area contributed by atoms with Crippen molar-refractivity contribution < 1.29 is 0 Å². The van der Waals surface area contributed by atoms with Crippen LogP contribution in [0.4, 0.5) is 5.13 Å². The lowest BCUT2D eigenvalue weighted by Gasteiger charge is -1.96. The highest BCUT2D eigenvalue weighted by molar-refractivity contribution is 7.73.